The Morgan fingerprint density at radius 2 is 1.90 bits per heavy atom. The molecule has 0 aromatic heterocycles. The van der Waals surface area contributed by atoms with Crippen LogP contribution in [0.2, 0.25) is 0 Å². The van der Waals surface area contributed by atoms with Crippen molar-refractivity contribution in [3.63, 3.8) is 0 Å². The molecule has 0 saturated carbocycles. The van der Waals surface area contributed by atoms with Crippen LogP contribution in [0, 0.1) is 5.92 Å². The first-order valence-electron chi connectivity index (χ1n) is 7.59. The van der Waals surface area contributed by atoms with Crippen LogP contribution in [-0.4, -0.2) is 46.7 Å². The molecule has 122 valence electrons. The smallest absolute Gasteiger partial charge is 0.329 e. The summed E-state index contributed by atoms with van der Waals surface area (Å²) in [5.41, 5.74) is -1.08. The first-order valence-corrected chi connectivity index (χ1v) is 8.75. The number of carbonyl (C=O) groups excluding carboxylic acids is 1. The Morgan fingerprint density at radius 3 is 2.43 bits per heavy atom. The fraction of sp³-hybridized carbons (Fsp3) is 0.867. The third-order valence-corrected chi connectivity index (χ3v) is 4.65. The molecule has 0 radical (unpaired) electrons. The zero-order valence-corrected chi connectivity index (χ0v) is 14.0. The summed E-state index contributed by atoms with van der Waals surface area (Å²) in [4.78, 5) is 23.4. The van der Waals surface area contributed by atoms with Gasteiger partial charge in [-0.15, -0.1) is 0 Å². The Hall–Kier alpha value is -0.750. The van der Waals surface area contributed by atoms with E-state index in [4.69, 9.17) is 4.74 Å². The Morgan fingerprint density at radius 1 is 1.29 bits per heavy atom. The van der Waals surface area contributed by atoms with Crippen LogP contribution in [0.15, 0.2) is 0 Å². The lowest BCUT2D eigenvalue weighted by molar-refractivity contribution is -0.148. The molecule has 1 heterocycles. The maximum Gasteiger partial charge on any atom is 0.329 e. The summed E-state index contributed by atoms with van der Waals surface area (Å²) >= 11 is 1.73. The Labute approximate surface area is 131 Å². The molecule has 2 N–H and O–H groups in total. The van der Waals surface area contributed by atoms with Gasteiger partial charge in [0.15, 0.2) is 0 Å². The molecule has 1 aliphatic rings. The van der Waals surface area contributed by atoms with Crippen LogP contribution < -0.4 is 5.32 Å². The lowest BCUT2D eigenvalue weighted by Gasteiger charge is -2.33. The van der Waals surface area contributed by atoms with Crippen molar-refractivity contribution in [3.05, 3.63) is 0 Å². The maximum atomic E-state index is 12.0. The molecule has 1 aliphatic heterocycles. The standard InChI is InChI=1S/C15H27NO4S/c1-11(2)10-12(3)20-7-4-13(17)16-15(14(18)19)5-8-21-9-6-15/h11-12H,4-10H2,1-3H3,(H,16,17)(H,18,19). The van der Waals surface area contributed by atoms with E-state index in [1.807, 2.05) is 6.92 Å². The van der Waals surface area contributed by atoms with E-state index in [0.717, 1.165) is 17.9 Å². The highest BCUT2D eigenvalue weighted by Crippen LogP contribution is 2.27. The third-order valence-electron chi connectivity index (χ3n) is 3.67. The van der Waals surface area contributed by atoms with Gasteiger partial charge < -0.3 is 15.2 Å². The van der Waals surface area contributed by atoms with Crippen molar-refractivity contribution in [3.8, 4) is 0 Å². The van der Waals surface area contributed by atoms with E-state index in [2.05, 4.69) is 19.2 Å². The van der Waals surface area contributed by atoms with E-state index in [0.29, 0.717) is 25.4 Å². The van der Waals surface area contributed by atoms with Gasteiger partial charge in [-0.3, -0.25) is 4.79 Å². The number of amides is 1. The molecule has 1 saturated heterocycles. The number of nitrogens with one attached hydrogen (secondary N) is 1. The zero-order chi connectivity index (χ0) is 15.9. The first-order chi connectivity index (χ1) is 9.85. The Balaban J connectivity index is 2.36. The Kier molecular flexibility index (Phi) is 7.52. The van der Waals surface area contributed by atoms with Crippen molar-refractivity contribution in [2.45, 2.75) is 58.1 Å². The molecular formula is C15H27NO4S. The van der Waals surface area contributed by atoms with Crippen molar-refractivity contribution in [1.82, 2.24) is 5.32 Å². The van der Waals surface area contributed by atoms with Gasteiger partial charge in [-0.25, -0.2) is 4.79 Å². The number of carboxylic acids is 1. The second-order valence-electron chi connectivity index (χ2n) is 6.11. The van der Waals surface area contributed by atoms with E-state index in [9.17, 15) is 14.7 Å². The summed E-state index contributed by atoms with van der Waals surface area (Å²) in [6.45, 7) is 6.59. The number of carbonyl (C=O) groups is 2. The molecule has 0 aromatic rings. The molecule has 0 spiro atoms. The summed E-state index contributed by atoms with van der Waals surface area (Å²) < 4.78 is 5.59. The van der Waals surface area contributed by atoms with Crippen molar-refractivity contribution < 1.29 is 19.4 Å². The van der Waals surface area contributed by atoms with Crippen LogP contribution in [0.3, 0.4) is 0 Å². The number of carboxylic acid groups (broad SMARTS) is 1. The summed E-state index contributed by atoms with van der Waals surface area (Å²) in [5.74, 6) is 0.943. The number of hydrogen-bond donors (Lipinski definition) is 2. The predicted molar refractivity (Wildman–Crippen MR) is 84.6 cm³/mol. The second-order valence-corrected chi connectivity index (χ2v) is 7.33. The lowest BCUT2D eigenvalue weighted by Crippen LogP contribution is -2.56. The molecule has 0 aliphatic carbocycles. The van der Waals surface area contributed by atoms with Crippen LogP contribution in [0.4, 0.5) is 0 Å². The largest absolute Gasteiger partial charge is 0.480 e. The SMILES string of the molecule is CC(C)CC(C)OCCC(=O)NC1(C(=O)O)CCSCC1. The molecule has 1 fully saturated rings. The molecule has 6 heteroatoms. The molecule has 1 unspecified atom stereocenters. The summed E-state index contributed by atoms with van der Waals surface area (Å²) in [7, 11) is 0. The number of aliphatic carboxylic acids is 1. The molecule has 0 aromatic carbocycles. The van der Waals surface area contributed by atoms with Crippen molar-refractivity contribution in [1.29, 1.82) is 0 Å². The van der Waals surface area contributed by atoms with Gasteiger partial charge in [-0.05, 0) is 43.6 Å². The normalized spacial score (nSPS) is 19.2. The highest BCUT2D eigenvalue weighted by molar-refractivity contribution is 7.99. The minimum atomic E-state index is -1.08. The fourth-order valence-corrected chi connectivity index (χ4v) is 3.72. The molecule has 5 nitrogen and oxygen atoms in total. The minimum Gasteiger partial charge on any atom is -0.480 e. The lowest BCUT2D eigenvalue weighted by atomic mass is 9.92. The van der Waals surface area contributed by atoms with Gasteiger partial charge in [0.2, 0.25) is 5.91 Å². The summed E-state index contributed by atoms with van der Waals surface area (Å²) in [5, 5.41) is 12.1. The monoisotopic (exact) mass is 317 g/mol. The average molecular weight is 317 g/mol. The van der Waals surface area contributed by atoms with Crippen molar-refractivity contribution >= 4 is 23.6 Å². The molecule has 1 rings (SSSR count). The van der Waals surface area contributed by atoms with E-state index in [1.165, 1.54) is 0 Å². The van der Waals surface area contributed by atoms with Crippen molar-refractivity contribution in [2.24, 2.45) is 5.92 Å². The van der Waals surface area contributed by atoms with Gasteiger partial charge in [-0.2, -0.15) is 11.8 Å². The van der Waals surface area contributed by atoms with Gasteiger partial charge in [0.25, 0.3) is 0 Å². The van der Waals surface area contributed by atoms with E-state index < -0.39 is 11.5 Å². The van der Waals surface area contributed by atoms with E-state index in [-0.39, 0.29) is 18.4 Å². The molecule has 1 atom stereocenters. The number of ether oxygens (including phenoxy) is 1. The van der Waals surface area contributed by atoms with Crippen LogP contribution in [0.5, 0.6) is 0 Å². The highest BCUT2D eigenvalue weighted by atomic mass is 32.2. The first kappa shape index (κ1) is 18.3. The van der Waals surface area contributed by atoms with Gasteiger partial charge in [-0.1, -0.05) is 13.8 Å². The zero-order valence-electron chi connectivity index (χ0n) is 13.2. The maximum absolute atomic E-state index is 12.0. The fourth-order valence-electron chi connectivity index (χ4n) is 2.53. The Bertz CT molecular complexity index is 354. The summed E-state index contributed by atoms with van der Waals surface area (Å²) in [6, 6.07) is 0. The van der Waals surface area contributed by atoms with Gasteiger partial charge in [0.05, 0.1) is 12.7 Å². The van der Waals surface area contributed by atoms with E-state index >= 15 is 0 Å². The second kappa shape index (κ2) is 8.63. The molecule has 1 amide bonds. The van der Waals surface area contributed by atoms with Crippen LogP contribution in [-0.2, 0) is 14.3 Å². The van der Waals surface area contributed by atoms with Gasteiger partial charge in [0.1, 0.15) is 5.54 Å². The van der Waals surface area contributed by atoms with Crippen molar-refractivity contribution in [2.75, 3.05) is 18.1 Å². The predicted octanol–water partition coefficient (Wildman–Crippen LogP) is 2.29. The number of thioether (sulfide) groups is 1. The molecular weight excluding hydrogens is 290 g/mol. The number of rotatable bonds is 8. The number of hydrogen-bond acceptors (Lipinski definition) is 4. The van der Waals surface area contributed by atoms with Gasteiger partial charge >= 0.3 is 5.97 Å². The van der Waals surface area contributed by atoms with E-state index in [1.54, 1.807) is 11.8 Å². The minimum absolute atomic E-state index is 0.123. The van der Waals surface area contributed by atoms with Gasteiger partial charge in [0, 0.05) is 6.42 Å². The van der Waals surface area contributed by atoms with Crippen LogP contribution in [0.1, 0.15) is 46.5 Å². The third kappa shape index (κ3) is 6.26. The molecule has 21 heavy (non-hydrogen) atoms. The topological polar surface area (TPSA) is 75.6 Å². The highest BCUT2D eigenvalue weighted by Gasteiger charge is 2.41. The molecule has 0 bridgehead atoms. The quantitative estimate of drug-likeness (QED) is 0.718. The average Bonchev–Trinajstić information content (AvgIpc) is 2.38. The van der Waals surface area contributed by atoms with Crippen LogP contribution >= 0.6 is 11.8 Å². The summed E-state index contributed by atoms with van der Waals surface area (Å²) in [6.07, 6.45) is 2.27. The van der Waals surface area contributed by atoms with Crippen LogP contribution in [0.25, 0.3) is 0 Å².